The van der Waals surface area contributed by atoms with E-state index in [1.807, 2.05) is 0 Å². The van der Waals surface area contributed by atoms with E-state index >= 15 is 0 Å². The molecule has 5 nitrogen and oxygen atoms in total. The summed E-state index contributed by atoms with van der Waals surface area (Å²) in [7, 11) is 0. The summed E-state index contributed by atoms with van der Waals surface area (Å²) in [6.45, 7) is 2.17. The molecule has 0 fully saturated rings. The molecule has 3 aromatic rings. The summed E-state index contributed by atoms with van der Waals surface area (Å²) in [5, 5.41) is 12.5. The first-order chi connectivity index (χ1) is 13.6. The average Bonchev–Trinajstić information content (AvgIpc) is 2.68. The van der Waals surface area contributed by atoms with Crippen LogP contribution in [-0.2, 0) is 12.8 Å². The smallest absolute Gasteiger partial charge is 0.261 e. The van der Waals surface area contributed by atoms with Crippen LogP contribution in [0, 0.1) is 5.41 Å². The van der Waals surface area contributed by atoms with Gasteiger partial charge in [-0.3, -0.25) is 10.2 Å². The van der Waals surface area contributed by atoms with Gasteiger partial charge in [-0.1, -0.05) is 17.7 Å². The molecule has 0 aliphatic carbocycles. The monoisotopic (exact) mass is 393 g/mol. The van der Waals surface area contributed by atoms with Crippen molar-refractivity contribution in [2.45, 2.75) is 25.7 Å². The molecular weight excluding hydrogens is 374 g/mol. The molecule has 0 unspecified atom stereocenters. The van der Waals surface area contributed by atoms with Crippen molar-refractivity contribution in [2.24, 2.45) is 0 Å². The topological polar surface area (TPSA) is 69.3 Å². The summed E-state index contributed by atoms with van der Waals surface area (Å²) in [4.78, 5) is 15.2. The van der Waals surface area contributed by atoms with Gasteiger partial charge in [0, 0.05) is 40.4 Å². The molecule has 2 aromatic carbocycles. The van der Waals surface area contributed by atoms with Gasteiger partial charge in [-0.15, -0.1) is 0 Å². The Morgan fingerprint density at radius 2 is 1.96 bits per heavy atom. The average molecular weight is 394 g/mol. The fourth-order valence-corrected chi connectivity index (χ4v) is 4.59. The van der Waals surface area contributed by atoms with Gasteiger partial charge in [0.25, 0.3) is 5.91 Å². The van der Waals surface area contributed by atoms with E-state index in [1.165, 1.54) is 16.8 Å². The molecule has 0 saturated carbocycles. The maximum Gasteiger partial charge on any atom is 0.261 e. The van der Waals surface area contributed by atoms with Gasteiger partial charge < -0.3 is 14.6 Å². The van der Waals surface area contributed by atoms with Gasteiger partial charge in [-0.05, 0) is 61.6 Å². The van der Waals surface area contributed by atoms with Gasteiger partial charge in [-0.25, -0.2) is 0 Å². The van der Waals surface area contributed by atoms with E-state index in [2.05, 4.69) is 16.3 Å². The number of benzene rings is 2. The van der Waals surface area contributed by atoms with Gasteiger partial charge in [0.1, 0.15) is 11.1 Å². The van der Waals surface area contributed by atoms with Gasteiger partial charge in [0.15, 0.2) is 0 Å². The van der Waals surface area contributed by atoms with Crippen molar-refractivity contribution in [3.8, 4) is 0 Å². The molecule has 6 heteroatoms. The molecule has 0 spiro atoms. The number of nitrogens with zero attached hydrogens (tertiary/aromatic N) is 1. The molecule has 2 N–H and O–H groups in total. The summed E-state index contributed by atoms with van der Waals surface area (Å²) in [5.41, 5.74) is 5.25. The third-order valence-electron chi connectivity index (χ3n) is 5.58. The number of anilines is 2. The van der Waals surface area contributed by atoms with Crippen LogP contribution in [0.15, 0.2) is 40.8 Å². The molecule has 0 bridgehead atoms. The van der Waals surface area contributed by atoms with E-state index in [9.17, 15) is 4.79 Å². The third-order valence-corrected chi connectivity index (χ3v) is 5.81. The fraction of sp³-hybridized carbons (Fsp3) is 0.273. The second kappa shape index (κ2) is 6.67. The van der Waals surface area contributed by atoms with Crippen molar-refractivity contribution in [1.82, 2.24) is 0 Å². The standard InChI is InChI=1S/C22H20ClN3O2/c23-15-5-1-6-16(12-15)25-22(27)18-11-14-10-13-4-2-8-26-9-3-7-17(19(13)26)20(14)28-21(18)24/h1,5-6,10-12,24H,2-4,7-9H2,(H,25,27). The van der Waals surface area contributed by atoms with Crippen molar-refractivity contribution in [2.75, 3.05) is 23.3 Å². The Morgan fingerprint density at radius 3 is 2.79 bits per heavy atom. The zero-order valence-electron chi connectivity index (χ0n) is 15.3. The summed E-state index contributed by atoms with van der Waals surface area (Å²) in [6, 6.07) is 10.9. The minimum Gasteiger partial charge on any atom is -0.438 e. The molecule has 3 heterocycles. The number of aryl methyl sites for hydroxylation is 2. The van der Waals surface area contributed by atoms with Crippen LogP contribution in [0.5, 0.6) is 0 Å². The van der Waals surface area contributed by atoms with Crippen molar-refractivity contribution < 1.29 is 9.21 Å². The number of amides is 1. The Bertz CT molecular complexity index is 1170. The quantitative estimate of drug-likeness (QED) is 0.672. The lowest BCUT2D eigenvalue weighted by atomic mass is 9.90. The number of carbonyl (C=O) groups excluding carboxylic acids is 1. The highest BCUT2D eigenvalue weighted by atomic mass is 35.5. The second-order valence-corrected chi connectivity index (χ2v) is 7.87. The van der Waals surface area contributed by atoms with Crippen molar-refractivity contribution in [3.63, 3.8) is 0 Å². The van der Waals surface area contributed by atoms with E-state index in [1.54, 1.807) is 30.3 Å². The van der Waals surface area contributed by atoms with Gasteiger partial charge in [-0.2, -0.15) is 0 Å². The largest absolute Gasteiger partial charge is 0.438 e. The number of carbonyl (C=O) groups is 1. The van der Waals surface area contributed by atoms with Crippen LogP contribution in [0.4, 0.5) is 11.4 Å². The van der Waals surface area contributed by atoms with Crippen LogP contribution in [0.25, 0.3) is 11.0 Å². The maximum absolute atomic E-state index is 12.8. The van der Waals surface area contributed by atoms with Crippen LogP contribution in [0.3, 0.4) is 0 Å². The highest BCUT2D eigenvalue weighted by molar-refractivity contribution is 6.31. The Hall–Kier alpha value is -2.79. The Labute approximate surface area is 167 Å². The number of rotatable bonds is 2. The highest BCUT2D eigenvalue weighted by Gasteiger charge is 2.27. The van der Waals surface area contributed by atoms with Crippen LogP contribution >= 0.6 is 11.6 Å². The fourth-order valence-electron chi connectivity index (χ4n) is 4.40. The van der Waals surface area contributed by atoms with Gasteiger partial charge >= 0.3 is 0 Å². The summed E-state index contributed by atoms with van der Waals surface area (Å²) >= 11 is 5.99. The van der Waals surface area contributed by atoms with Crippen molar-refractivity contribution >= 4 is 39.9 Å². The zero-order chi connectivity index (χ0) is 19.3. The predicted molar refractivity (Wildman–Crippen MR) is 110 cm³/mol. The van der Waals surface area contributed by atoms with Crippen LogP contribution in [0.1, 0.15) is 34.3 Å². The minimum absolute atomic E-state index is 0.115. The number of hydrogen-bond acceptors (Lipinski definition) is 4. The van der Waals surface area contributed by atoms with Gasteiger partial charge in [0.05, 0.1) is 0 Å². The van der Waals surface area contributed by atoms with Crippen molar-refractivity contribution in [3.05, 3.63) is 63.7 Å². The first-order valence-electron chi connectivity index (χ1n) is 9.59. The van der Waals surface area contributed by atoms with Crippen LogP contribution in [-0.4, -0.2) is 19.0 Å². The molecule has 1 amide bonds. The predicted octanol–water partition coefficient (Wildman–Crippen LogP) is 4.52. The SMILES string of the molecule is N=c1oc2c3c4c(cc2cc1C(=O)Nc1cccc(Cl)c1)CCCN4CCC3. The van der Waals surface area contributed by atoms with E-state index < -0.39 is 0 Å². The Morgan fingerprint density at radius 1 is 1.14 bits per heavy atom. The molecule has 1 aromatic heterocycles. The van der Waals surface area contributed by atoms with Crippen LogP contribution in [0.2, 0.25) is 5.02 Å². The molecule has 2 aliphatic heterocycles. The van der Waals surface area contributed by atoms with Crippen molar-refractivity contribution in [1.29, 1.82) is 5.41 Å². The first-order valence-corrected chi connectivity index (χ1v) is 9.97. The summed E-state index contributed by atoms with van der Waals surface area (Å²) in [5.74, 6) is -0.370. The van der Waals surface area contributed by atoms with Crippen LogP contribution < -0.4 is 15.8 Å². The Balaban J connectivity index is 1.60. The molecule has 0 atom stereocenters. The van der Waals surface area contributed by atoms with E-state index in [0.717, 1.165) is 49.7 Å². The number of nitrogens with one attached hydrogen (secondary N) is 2. The molecular formula is C22H20ClN3O2. The molecule has 28 heavy (non-hydrogen) atoms. The summed E-state index contributed by atoms with van der Waals surface area (Å²) < 4.78 is 5.90. The van der Waals surface area contributed by atoms with E-state index in [0.29, 0.717) is 10.7 Å². The highest BCUT2D eigenvalue weighted by Crippen LogP contribution is 2.39. The minimum atomic E-state index is -0.370. The van der Waals surface area contributed by atoms with Gasteiger partial charge in [0.2, 0.25) is 5.55 Å². The number of halogens is 1. The lowest BCUT2D eigenvalue weighted by Gasteiger charge is -2.37. The second-order valence-electron chi connectivity index (χ2n) is 7.43. The third kappa shape index (κ3) is 2.87. The molecule has 5 rings (SSSR count). The molecule has 0 radical (unpaired) electrons. The molecule has 142 valence electrons. The number of fused-ring (bicyclic) bond motifs is 2. The normalized spacial score (nSPS) is 15.4. The Kier molecular flexibility index (Phi) is 4.13. The summed E-state index contributed by atoms with van der Waals surface area (Å²) in [6.07, 6.45) is 4.23. The zero-order valence-corrected chi connectivity index (χ0v) is 16.1. The lowest BCUT2D eigenvalue weighted by Crippen LogP contribution is -2.34. The lowest BCUT2D eigenvalue weighted by molar-refractivity contribution is 0.102. The first kappa shape index (κ1) is 17.3. The molecule has 2 aliphatic rings. The molecule has 0 saturated heterocycles. The maximum atomic E-state index is 12.8. The van der Waals surface area contributed by atoms with E-state index in [-0.39, 0.29) is 17.0 Å². The van der Waals surface area contributed by atoms with E-state index in [4.69, 9.17) is 21.4 Å². The number of hydrogen-bond donors (Lipinski definition) is 2.